The van der Waals surface area contributed by atoms with Crippen LogP contribution in [0.5, 0.6) is 0 Å². The molecule has 4 aliphatic heterocycles. The van der Waals surface area contributed by atoms with E-state index in [1.165, 1.54) is 4.90 Å². The molecule has 0 saturated carbocycles. The lowest BCUT2D eigenvalue weighted by Gasteiger charge is -2.38. The minimum Gasteiger partial charge on any atom is -0.395 e. The Bertz CT molecular complexity index is 1330. The van der Waals surface area contributed by atoms with Crippen molar-refractivity contribution in [3.05, 3.63) is 90.5 Å². The average Bonchev–Trinajstić information content (AvgIpc) is 3.24. The number of rotatable bonds is 6. The zero-order valence-electron chi connectivity index (χ0n) is 22.0. The molecule has 8 nitrogen and oxygen atoms in total. The lowest BCUT2D eigenvalue weighted by atomic mass is 9.73. The van der Waals surface area contributed by atoms with Gasteiger partial charge in [-0.05, 0) is 24.1 Å². The van der Waals surface area contributed by atoms with Gasteiger partial charge in [-0.3, -0.25) is 14.4 Å². The molecule has 1 N–H and O–H groups in total. The highest BCUT2D eigenvalue weighted by atomic mass is 16.5. The molecule has 0 radical (unpaired) electrons. The van der Waals surface area contributed by atoms with Gasteiger partial charge in [-0.2, -0.15) is 0 Å². The molecule has 3 amide bonds. The fourth-order valence-electron chi connectivity index (χ4n) is 6.94. The number of hydrogen-bond acceptors (Lipinski definition) is 5. The summed E-state index contributed by atoms with van der Waals surface area (Å²) < 4.78 is 6.94. The molecule has 4 heterocycles. The number of ether oxygens (including phenoxy) is 1. The van der Waals surface area contributed by atoms with Gasteiger partial charge in [0.1, 0.15) is 11.6 Å². The molecule has 2 aromatic carbocycles. The minimum atomic E-state index is -1.32. The number of nitrogens with zero attached hydrogens (tertiary/aromatic N) is 3. The second-order valence-electron chi connectivity index (χ2n) is 10.7. The molecule has 6 rings (SSSR count). The summed E-state index contributed by atoms with van der Waals surface area (Å²) >= 11 is 0. The molecular formula is C31H33N3O5. The molecule has 2 aromatic rings. The highest BCUT2D eigenvalue weighted by molar-refractivity contribution is 6.04. The molecule has 0 bridgehead atoms. The first-order valence-corrected chi connectivity index (χ1v) is 13.6. The van der Waals surface area contributed by atoms with Crippen LogP contribution in [-0.4, -0.2) is 76.1 Å². The topological polar surface area (TPSA) is 90.4 Å². The number of β-amino-alcohol motifs (C(OH)–C–C–N with tert-alkyl or cyclic N) is 1. The largest absolute Gasteiger partial charge is 0.395 e. The van der Waals surface area contributed by atoms with Gasteiger partial charge in [0.15, 0.2) is 0 Å². The average molecular weight is 528 g/mol. The fraction of sp³-hybridized carbons (Fsp3) is 0.387. The second kappa shape index (κ2) is 9.77. The van der Waals surface area contributed by atoms with Crippen molar-refractivity contribution < 1.29 is 24.2 Å². The number of carbonyl (C=O) groups is 3. The Morgan fingerprint density at radius 1 is 0.872 bits per heavy atom. The van der Waals surface area contributed by atoms with Crippen molar-refractivity contribution >= 4 is 23.4 Å². The zero-order chi connectivity index (χ0) is 27.2. The maximum atomic E-state index is 14.4. The van der Waals surface area contributed by atoms with Gasteiger partial charge in [0.25, 0.3) is 0 Å². The van der Waals surface area contributed by atoms with Gasteiger partial charge >= 0.3 is 0 Å². The number of benzene rings is 2. The number of para-hydroxylation sites is 1. The molecule has 39 heavy (non-hydrogen) atoms. The van der Waals surface area contributed by atoms with Crippen LogP contribution in [-0.2, 0) is 25.7 Å². The number of aliphatic hydroxyl groups excluding tert-OH is 1. The zero-order valence-corrected chi connectivity index (χ0v) is 22.0. The Morgan fingerprint density at radius 2 is 1.56 bits per heavy atom. The summed E-state index contributed by atoms with van der Waals surface area (Å²) in [6, 6.07) is 18.1. The van der Waals surface area contributed by atoms with Gasteiger partial charge in [0, 0.05) is 31.9 Å². The summed E-state index contributed by atoms with van der Waals surface area (Å²) in [5.74, 6) is -2.48. The first kappa shape index (κ1) is 25.5. The van der Waals surface area contributed by atoms with Crippen molar-refractivity contribution in [2.24, 2.45) is 11.8 Å². The minimum absolute atomic E-state index is 0.0118. The van der Waals surface area contributed by atoms with Crippen molar-refractivity contribution in [2.75, 3.05) is 31.1 Å². The third-order valence-corrected chi connectivity index (χ3v) is 8.65. The van der Waals surface area contributed by atoms with Gasteiger partial charge in [-0.15, -0.1) is 0 Å². The van der Waals surface area contributed by atoms with E-state index < -0.39 is 29.1 Å². The first-order chi connectivity index (χ1) is 19.0. The first-order valence-electron chi connectivity index (χ1n) is 13.6. The van der Waals surface area contributed by atoms with Crippen molar-refractivity contribution in [1.82, 2.24) is 9.80 Å². The van der Waals surface area contributed by atoms with E-state index in [1.807, 2.05) is 91.9 Å². The molecule has 202 valence electrons. The maximum absolute atomic E-state index is 14.4. The Kier molecular flexibility index (Phi) is 6.40. The predicted molar refractivity (Wildman–Crippen MR) is 145 cm³/mol. The summed E-state index contributed by atoms with van der Waals surface area (Å²) in [5, 5.41) is 9.91. The number of fused-ring (bicyclic) bond motifs is 2. The van der Waals surface area contributed by atoms with Gasteiger partial charge in [0.05, 0.1) is 24.0 Å². The summed E-state index contributed by atoms with van der Waals surface area (Å²) in [6.45, 7) is 2.74. The molecule has 4 aliphatic rings. The Labute approximate surface area is 228 Å². The van der Waals surface area contributed by atoms with Crippen LogP contribution in [0.4, 0.5) is 5.69 Å². The van der Waals surface area contributed by atoms with Gasteiger partial charge < -0.3 is 24.5 Å². The lowest BCUT2D eigenvalue weighted by molar-refractivity contribution is -0.152. The van der Waals surface area contributed by atoms with Crippen LogP contribution >= 0.6 is 0 Å². The molecule has 0 aromatic heterocycles. The summed E-state index contributed by atoms with van der Waals surface area (Å²) in [4.78, 5) is 47.7. The van der Waals surface area contributed by atoms with Crippen LogP contribution in [0.25, 0.3) is 0 Å². The van der Waals surface area contributed by atoms with E-state index in [0.29, 0.717) is 26.1 Å². The third-order valence-electron chi connectivity index (χ3n) is 8.65. The van der Waals surface area contributed by atoms with Gasteiger partial charge in [-0.25, -0.2) is 0 Å². The van der Waals surface area contributed by atoms with Crippen LogP contribution in [0.2, 0.25) is 0 Å². The number of amides is 3. The van der Waals surface area contributed by atoms with Crippen molar-refractivity contribution in [3.8, 4) is 0 Å². The predicted octanol–water partition coefficient (Wildman–Crippen LogP) is 2.54. The summed E-state index contributed by atoms with van der Waals surface area (Å²) in [5.41, 5.74) is -0.640. The normalized spacial score (nSPS) is 31.7. The van der Waals surface area contributed by atoms with Crippen LogP contribution < -0.4 is 4.90 Å². The Morgan fingerprint density at radius 3 is 2.26 bits per heavy atom. The van der Waals surface area contributed by atoms with E-state index in [0.717, 1.165) is 11.3 Å². The quantitative estimate of drug-likeness (QED) is 0.584. The standard InChI is InChI=1S/C31H33N3O5/c1-2-30-15-9-18-33(23-13-7-4-8-14-23)27(36)24(30)25-28(37)34(19-20-35)26-29(38)32(17-10-16-31(25,26)39-30)21-22-11-5-3-6-12-22/h3-16,24-26,35H,2,17-21H2,1H3/t24-,25-,26?,30+,31-/m0/s1. The SMILES string of the molecule is CC[C@@]12C=CCN(c3ccccc3)C(=O)[C@@H]1[C@H]1C(=O)N(CCO)C3C(=O)N(Cc4ccccc4)CC=C[C@@]31O2. The van der Waals surface area contributed by atoms with Crippen LogP contribution in [0.1, 0.15) is 18.9 Å². The molecule has 0 aliphatic carbocycles. The third kappa shape index (κ3) is 3.85. The fourth-order valence-corrected chi connectivity index (χ4v) is 6.94. The molecule has 1 unspecified atom stereocenters. The molecule has 8 heteroatoms. The highest BCUT2D eigenvalue weighted by Crippen LogP contribution is 2.58. The van der Waals surface area contributed by atoms with Gasteiger partial charge in [-0.1, -0.05) is 79.8 Å². The van der Waals surface area contributed by atoms with E-state index in [9.17, 15) is 19.5 Å². The summed E-state index contributed by atoms with van der Waals surface area (Å²) in [6.07, 6.45) is 8.07. The molecule has 5 atom stereocenters. The van der Waals surface area contributed by atoms with E-state index in [1.54, 1.807) is 9.80 Å². The number of anilines is 1. The van der Waals surface area contributed by atoms with Crippen LogP contribution in [0.3, 0.4) is 0 Å². The maximum Gasteiger partial charge on any atom is 0.249 e. The molecule has 2 fully saturated rings. The number of carbonyl (C=O) groups excluding carboxylic acids is 3. The van der Waals surface area contributed by atoms with Crippen LogP contribution in [0, 0.1) is 11.8 Å². The molecule has 1 spiro atoms. The Hall–Kier alpha value is -3.75. The van der Waals surface area contributed by atoms with Crippen molar-refractivity contribution in [1.29, 1.82) is 0 Å². The second-order valence-corrected chi connectivity index (χ2v) is 10.7. The van der Waals surface area contributed by atoms with E-state index in [4.69, 9.17) is 4.74 Å². The molecule has 2 saturated heterocycles. The van der Waals surface area contributed by atoms with Gasteiger partial charge in [0.2, 0.25) is 17.7 Å². The lowest BCUT2D eigenvalue weighted by Crippen LogP contribution is -2.56. The monoisotopic (exact) mass is 527 g/mol. The summed E-state index contributed by atoms with van der Waals surface area (Å²) in [7, 11) is 0. The highest BCUT2D eigenvalue weighted by Gasteiger charge is 2.75. The number of likely N-dealkylation sites (tertiary alicyclic amines) is 1. The van der Waals surface area contributed by atoms with Crippen molar-refractivity contribution in [3.63, 3.8) is 0 Å². The number of aliphatic hydroxyl groups is 1. The molecular weight excluding hydrogens is 494 g/mol. The van der Waals surface area contributed by atoms with E-state index in [-0.39, 0.29) is 30.9 Å². The van der Waals surface area contributed by atoms with E-state index >= 15 is 0 Å². The Balaban J connectivity index is 1.45. The smallest absolute Gasteiger partial charge is 0.249 e. The van der Waals surface area contributed by atoms with E-state index in [2.05, 4.69) is 0 Å². The number of hydrogen-bond donors (Lipinski definition) is 1. The van der Waals surface area contributed by atoms with Crippen LogP contribution in [0.15, 0.2) is 85.0 Å². The van der Waals surface area contributed by atoms with Crippen molar-refractivity contribution in [2.45, 2.75) is 37.1 Å².